The molecule has 0 saturated heterocycles. The normalized spacial score (nSPS) is 21.3. The zero-order valence-electron chi connectivity index (χ0n) is 6.91. The first kappa shape index (κ1) is 8.56. The predicted octanol–water partition coefficient (Wildman–Crippen LogP) is 0.911. The zero-order valence-corrected chi connectivity index (χ0v) is 6.91. The number of hydrogen-bond donors (Lipinski definition) is 2. The molecule has 0 aromatic carbocycles. The van der Waals surface area contributed by atoms with Crippen LogP contribution >= 0.6 is 0 Å². The Balaban J connectivity index is 2.81. The van der Waals surface area contributed by atoms with Gasteiger partial charge >= 0.3 is 7.12 Å². The summed E-state index contributed by atoms with van der Waals surface area (Å²) in [5.74, 6) is 0. The molecule has 2 N–H and O–H groups in total. The molecule has 0 unspecified atom stereocenters. The van der Waals surface area contributed by atoms with Crippen molar-refractivity contribution in [2.75, 3.05) is 0 Å². The Kier molecular flexibility index (Phi) is 2.21. The molecule has 0 aromatic rings. The first-order valence-corrected chi connectivity index (χ1v) is 3.77. The fraction of sp³-hybridized carbons (Fsp3) is 0.500. The lowest BCUT2D eigenvalue weighted by Crippen LogP contribution is -2.20. The summed E-state index contributed by atoms with van der Waals surface area (Å²) in [7, 11) is -1.33. The zero-order chi connectivity index (χ0) is 8.48. The Morgan fingerprint density at radius 3 is 2.45 bits per heavy atom. The van der Waals surface area contributed by atoms with E-state index >= 15 is 0 Å². The van der Waals surface area contributed by atoms with Crippen LogP contribution < -0.4 is 0 Å². The van der Waals surface area contributed by atoms with Crippen molar-refractivity contribution in [3.05, 3.63) is 23.7 Å². The van der Waals surface area contributed by atoms with E-state index in [2.05, 4.69) is 13.8 Å². The summed E-state index contributed by atoms with van der Waals surface area (Å²) in [6.07, 6.45) is 6.59. The maximum absolute atomic E-state index is 8.85. The van der Waals surface area contributed by atoms with Crippen LogP contribution in [-0.4, -0.2) is 17.2 Å². The van der Waals surface area contributed by atoms with Crippen LogP contribution in [0.1, 0.15) is 20.3 Å². The minimum atomic E-state index is -1.33. The van der Waals surface area contributed by atoms with E-state index in [0.29, 0.717) is 5.47 Å². The molecule has 3 heteroatoms. The molecule has 11 heavy (non-hydrogen) atoms. The molecule has 0 spiro atoms. The molecule has 1 aliphatic carbocycles. The highest BCUT2D eigenvalue weighted by molar-refractivity contribution is 6.51. The smallest absolute Gasteiger partial charge is 0.423 e. The Hall–Kier alpha value is -0.535. The average molecular weight is 152 g/mol. The van der Waals surface area contributed by atoms with Gasteiger partial charge in [0.1, 0.15) is 0 Å². The highest BCUT2D eigenvalue weighted by Gasteiger charge is 2.21. The lowest BCUT2D eigenvalue weighted by Gasteiger charge is -2.23. The van der Waals surface area contributed by atoms with Crippen molar-refractivity contribution >= 4 is 7.12 Å². The second-order valence-electron chi connectivity index (χ2n) is 3.61. The van der Waals surface area contributed by atoms with Crippen LogP contribution in [0.4, 0.5) is 0 Å². The maximum Gasteiger partial charge on any atom is 0.488 e. The highest BCUT2D eigenvalue weighted by Crippen LogP contribution is 2.28. The third-order valence-electron chi connectivity index (χ3n) is 1.81. The van der Waals surface area contributed by atoms with Gasteiger partial charge in [-0.3, -0.25) is 0 Å². The first-order chi connectivity index (χ1) is 5.01. The quantitative estimate of drug-likeness (QED) is 0.548. The molecule has 2 nitrogen and oxygen atoms in total. The third-order valence-corrected chi connectivity index (χ3v) is 1.81. The summed E-state index contributed by atoms with van der Waals surface area (Å²) in [6, 6.07) is 0. The first-order valence-electron chi connectivity index (χ1n) is 3.77. The summed E-state index contributed by atoms with van der Waals surface area (Å²) in [5, 5.41) is 17.7. The second-order valence-corrected chi connectivity index (χ2v) is 3.61. The Labute approximate surface area is 67.4 Å². The van der Waals surface area contributed by atoms with E-state index in [4.69, 9.17) is 10.0 Å². The van der Waals surface area contributed by atoms with Crippen LogP contribution in [0.5, 0.6) is 0 Å². The summed E-state index contributed by atoms with van der Waals surface area (Å²) < 4.78 is 0. The summed E-state index contributed by atoms with van der Waals surface area (Å²) in [4.78, 5) is 0. The third kappa shape index (κ3) is 2.21. The Bertz CT molecular complexity index is 204. The molecular weight excluding hydrogens is 139 g/mol. The molecule has 0 aromatic heterocycles. The molecule has 0 bridgehead atoms. The van der Waals surface area contributed by atoms with Gasteiger partial charge in [-0.2, -0.15) is 0 Å². The minimum absolute atomic E-state index is 0.0633. The van der Waals surface area contributed by atoms with Crippen molar-refractivity contribution in [2.24, 2.45) is 5.41 Å². The van der Waals surface area contributed by atoms with Gasteiger partial charge in [0.15, 0.2) is 0 Å². The van der Waals surface area contributed by atoms with E-state index in [1.54, 1.807) is 6.08 Å². The van der Waals surface area contributed by atoms with Gasteiger partial charge in [0, 0.05) is 0 Å². The van der Waals surface area contributed by atoms with Gasteiger partial charge in [-0.25, -0.2) is 0 Å². The largest absolute Gasteiger partial charge is 0.488 e. The fourth-order valence-corrected chi connectivity index (χ4v) is 1.22. The summed E-state index contributed by atoms with van der Waals surface area (Å²) in [6.45, 7) is 4.14. The number of rotatable bonds is 1. The molecule has 1 rings (SSSR count). The van der Waals surface area contributed by atoms with E-state index in [1.807, 2.05) is 12.2 Å². The lowest BCUT2D eigenvalue weighted by molar-refractivity contribution is 0.414. The van der Waals surface area contributed by atoms with Gasteiger partial charge in [0.05, 0.1) is 0 Å². The molecule has 0 fully saturated rings. The van der Waals surface area contributed by atoms with E-state index in [1.165, 1.54) is 0 Å². The molecule has 1 aliphatic rings. The van der Waals surface area contributed by atoms with Crippen LogP contribution in [0.2, 0.25) is 0 Å². The Morgan fingerprint density at radius 2 is 2.09 bits per heavy atom. The topological polar surface area (TPSA) is 40.5 Å². The molecule has 0 saturated carbocycles. The van der Waals surface area contributed by atoms with E-state index in [-0.39, 0.29) is 5.41 Å². The number of hydrogen-bond acceptors (Lipinski definition) is 2. The van der Waals surface area contributed by atoms with Gasteiger partial charge in [-0.05, 0) is 17.3 Å². The minimum Gasteiger partial charge on any atom is -0.423 e. The van der Waals surface area contributed by atoms with Crippen molar-refractivity contribution in [1.82, 2.24) is 0 Å². The molecular formula is C8H13BO2. The maximum atomic E-state index is 8.85. The molecule has 0 heterocycles. The number of allylic oxidation sites excluding steroid dienone is 4. The van der Waals surface area contributed by atoms with Crippen LogP contribution in [-0.2, 0) is 0 Å². The van der Waals surface area contributed by atoms with Crippen molar-refractivity contribution < 1.29 is 10.0 Å². The summed E-state index contributed by atoms with van der Waals surface area (Å²) >= 11 is 0. The lowest BCUT2D eigenvalue weighted by atomic mass is 9.71. The standard InChI is InChI=1S/C8H13BO2/c1-8(2)5-3-4-7(6-8)9(10)11/h3-4,6,10-11H,5H2,1-2H3. The van der Waals surface area contributed by atoms with Crippen LogP contribution in [0.25, 0.3) is 0 Å². The van der Waals surface area contributed by atoms with Crippen molar-refractivity contribution in [3.8, 4) is 0 Å². The molecule has 0 atom stereocenters. The predicted molar refractivity (Wildman–Crippen MR) is 45.8 cm³/mol. The monoisotopic (exact) mass is 152 g/mol. The van der Waals surface area contributed by atoms with Crippen molar-refractivity contribution in [3.63, 3.8) is 0 Å². The summed E-state index contributed by atoms with van der Waals surface area (Å²) in [5.41, 5.74) is 0.662. The SMILES string of the molecule is CC1(C)C=C(B(O)O)C=CC1. The molecule has 0 amide bonds. The van der Waals surface area contributed by atoms with Gasteiger partial charge in [0.25, 0.3) is 0 Å². The van der Waals surface area contributed by atoms with Crippen LogP contribution in [0.15, 0.2) is 23.7 Å². The van der Waals surface area contributed by atoms with Gasteiger partial charge in [-0.1, -0.05) is 32.1 Å². The van der Waals surface area contributed by atoms with E-state index in [9.17, 15) is 0 Å². The molecule has 0 aliphatic heterocycles. The fourth-order valence-electron chi connectivity index (χ4n) is 1.22. The second kappa shape index (κ2) is 2.84. The van der Waals surface area contributed by atoms with Gasteiger partial charge in [0.2, 0.25) is 0 Å². The van der Waals surface area contributed by atoms with Crippen molar-refractivity contribution in [2.45, 2.75) is 20.3 Å². The van der Waals surface area contributed by atoms with Gasteiger partial charge < -0.3 is 10.0 Å². The Morgan fingerprint density at radius 1 is 1.45 bits per heavy atom. The van der Waals surface area contributed by atoms with Crippen LogP contribution in [0.3, 0.4) is 0 Å². The molecule has 0 radical (unpaired) electrons. The average Bonchev–Trinajstić information content (AvgIpc) is 1.85. The van der Waals surface area contributed by atoms with Crippen LogP contribution in [0, 0.1) is 5.41 Å². The highest BCUT2D eigenvalue weighted by atomic mass is 16.4. The van der Waals surface area contributed by atoms with Gasteiger partial charge in [-0.15, -0.1) is 0 Å². The molecule has 60 valence electrons. The van der Waals surface area contributed by atoms with Crippen molar-refractivity contribution in [1.29, 1.82) is 0 Å². The van der Waals surface area contributed by atoms with E-state index in [0.717, 1.165) is 6.42 Å². The van der Waals surface area contributed by atoms with E-state index < -0.39 is 7.12 Å².